The third-order valence-corrected chi connectivity index (χ3v) is 3.55. The van der Waals surface area contributed by atoms with Crippen LogP contribution in [0.1, 0.15) is 17.7 Å². The van der Waals surface area contributed by atoms with Gasteiger partial charge >= 0.3 is 0 Å². The highest BCUT2D eigenvalue weighted by molar-refractivity contribution is 5.90. The largest absolute Gasteiger partial charge is 0.368 e. The second-order valence-corrected chi connectivity index (χ2v) is 5.57. The van der Waals surface area contributed by atoms with Gasteiger partial charge in [0.15, 0.2) is 0 Å². The molecule has 0 spiro atoms. The average molecular weight is 343 g/mol. The molecule has 0 aliphatic rings. The Balaban J connectivity index is 1.92. The van der Waals surface area contributed by atoms with Crippen molar-refractivity contribution in [3.05, 3.63) is 54.1 Å². The SMILES string of the molecule is NC(=O)CNC(=O)[C@H](Cc1cnc[nH]1)NC(=O)CCc1ccccc1. The lowest BCUT2D eigenvalue weighted by atomic mass is 10.1. The summed E-state index contributed by atoms with van der Waals surface area (Å²) in [7, 11) is 0. The Kier molecular flexibility index (Phi) is 6.70. The van der Waals surface area contributed by atoms with Gasteiger partial charge in [-0.15, -0.1) is 0 Å². The molecule has 0 fully saturated rings. The van der Waals surface area contributed by atoms with Gasteiger partial charge in [-0.2, -0.15) is 0 Å². The van der Waals surface area contributed by atoms with E-state index < -0.39 is 17.9 Å². The Bertz CT molecular complexity index is 700. The van der Waals surface area contributed by atoms with Crippen LogP contribution in [-0.4, -0.2) is 40.3 Å². The van der Waals surface area contributed by atoms with Crippen molar-refractivity contribution in [2.24, 2.45) is 5.73 Å². The monoisotopic (exact) mass is 343 g/mol. The van der Waals surface area contributed by atoms with Gasteiger partial charge in [-0.05, 0) is 12.0 Å². The highest BCUT2D eigenvalue weighted by Gasteiger charge is 2.22. The van der Waals surface area contributed by atoms with Gasteiger partial charge in [-0.1, -0.05) is 30.3 Å². The highest BCUT2D eigenvalue weighted by atomic mass is 16.2. The number of H-pyrrole nitrogens is 1. The zero-order chi connectivity index (χ0) is 18.1. The van der Waals surface area contributed by atoms with Crippen molar-refractivity contribution in [3.63, 3.8) is 0 Å². The summed E-state index contributed by atoms with van der Waals surface area (Å²) in [6.07, 6.45) is 4.13. The first-order chi connectivity index (χ1) is 12.0. The van der Waals surface area contributed by atoms with Crippen LogP contribution in [0, 0.1) is 0 Å². The van der Waals surface area contributed by atoms with E-state index in [0.717, 1.165) is 5.56 Å². The second-order valence-electron chi connectivity index (χ2n) is 5.57. The molecular formula is C17H21N5O3. The van der Waals surface area contributed by atoms with E-state index in [1.807, 2.05) is 30.3 Å². The molecular weight excluding hydrogens is 322 g/mol. The van der Waals surface area contributed by atoms with Crippen LogP contribution in [-0.2, 0) is 27.2 Å². The predicted octanol–water partition coefficient (Wildman–Crippen LogP) is -0.329. The van der Waals surface area contributed by atoms with Gasteiger partial charge in [0.2, 0.25) is 17.7 Å². The summed E-state index contributed by atoms with van der Waals surface area (Å²) in [4.78, 5) is 42.0. The molecule has 132 valence electrons. The van der Waals surface area contributed by atoms with Gasteiger partial charge in [0.05, 0.1) is 12.9 Å². The molecule has 8 heteroatoms. The number of carbonyl (C=O) groups is 3. The van der Waals surface area contributed by atoms with E-state index in [4.69, 9.17) is 5.73 Å². The molecule has 0 unspecified atom stereocenters. The van der Waals surface area contributed by atoms with Crippen LogP contribution < -0.4 is 16.4 Å². The number of carbonyl (C=O) groups excluding carboxylic acids is 3. The van der Waals surface area contributed by atoms with Gasteiger partial charge in [0.25, 0.3) is 0 Å². The van der Waals surface area contributed by atoms with Crippen molar-refractivity contribution in [1.82, 2.24) is 20.6 Å². The van der Waals surface area contributed by atoms with E-state index in [0.29, 0.717) is 12.1 Å². The van der Waals surface area contributed by atoms with E-state index in [-0.39, 0.29) is 25.3 Å². The first-order valence-corrected chi connectivity index (χ1v) is 7.91. The van der Waals surface area contributed by atoms with E-state index >= 15 is 0 Å². The minimum Gasteiger partial charge on any atom is -0.368 e. The van der Waals surface area contributed by atoms with Crippen LogP contribution in [0.15, 0.2) is 42.9 Å². The number of nitrogens with one attached hydrogen (secondary N) is 3. The van der Waals surface area contributed by atoms with E-state index in [1.54, 1.807) is 6.20 Å². The van der Waals surface area contributed by atoms with E-state index in [1.165, 1.54) is 6.33 Å². The van der Waals surface area contributed by atoms with E-state index in [2.05, 4.69) is 20.6 Å². The fourth-order valence-corrected chi connectivity index (χ4v) is 2.29. The lowest BCUT2D eigenvalue weighted by Crippen LogP contribution is -2.49. The Hall–Kier alpha value is -3.16. The first-order valence-electron chi connectivity index (χ1n) is 7.91. The van der Waals surface area contributed by atoms with Gasteiger partial charge in [0, 0.05) is 24.7 Å². The Morgan fingerprint density at radius 2 is 1.96 bits per heavy atom. The molecule has 8 nitrogen and oxygen atoms in total. The molecule has 2 rings (SSSR count). The van der Waals surface area contributed by atoms with Crippen molar-refractivity contribution in [2.75, 3.05) is 6.54 Å². The molecule has 0 saturated heterocycles. The van der Waals surface area contributed by atoms with Crippen LogP contribution in [0.25, 0.3) is 0 Å². The molecule has 0 aliphatic carbocycles. The lowest BCUT2D eigenvalue weighted by molar-refractivity contribution is -0.130. The Morgan fingerprint density at radius 1 is 1.20 bits per heavy atom. The second kappa shape index (κ2) is 9.21. The molecule has 0 aliphatic heterocycles. The van der Waals surface area contributed by atoms with Crippen LogP contribution in [0.3, 0.4) is 0 Å². The van der Waals surface area contributed by atoms with Gasteiger partial charge in [0.1, 0.15) is 6.04 Å². The quantitative estimate of drug-likeness (QED) is 0.497. The van der Waals surface area contributed by atoms with Gasteiger partial charge in [-0.3, -0.25) is 14.4 Å². The zero-order valence-electron chi connectivity index (χ0n) is 13.7. The predicted molar refractivity (Wildman–Crippen MR) is 91.2 cm³/mol. The number of nitrogens with zero attached hydrogens (tertiary/aromatic N) is 1. The molecule has 25 heavy (non-hydrogen) atoms. The number of imidazole rings is 1. The van der Waals surface area contributed by atoms with Crippen molar-refractivity contribution in [2.45, 2.75) is 25.3 Å². The maximum absolute atomic E-state index is 12.2. The molecule has 2 aromatic rings. The minimum atomic E-state index is -0.817. The van der Waals surface area contributed by atoms with Crippen LogP contribution in [0.4, 0.5) is 0 Å². The zero-order valence-corrected chi connectivity index (χ0v) is 13.7. The molecule has 1 aromatic heterocycles. The van der Waals surface area contributed by atoms with Gasteiger partial charge < -0.3 is 21.4 Å². The third kappa shape index (κ3) is 6.46. The molecule has 0 radical (unpaired) electrons. The first kappa shape index (κ1) is 18.2. The number of aromatic amines is 1. The number of amides is 3. The molecule has 3 amide bonds. The number of primary amides is 1. The standard InChI is InChI=1S/C17H21N5O3/c18-15(23)10-20-17(25)14(8-13-9-19-11-21-13)22-16(24)7-6-12-4-2-1-3-5-12/h1-5,9,11,14H,6-8,10H2,(H2,18,23)(H,19,21)(H,20,25)(H,22,24)/t14-/m0/s1. The summed E-state index contributed by atoms with van der Waals surface area (Å²) in [6.45, 7) is -0.280. The number of aromatic nitrogens is 2. The normalized spacial score (nSPS) is 11.5. The molecule has 1 heterocycles. The highest BCUT2D eigenvalue weighted by Crippen LogP contribution is 2.04. The Morgan fingerprint density at radius 3 is 2.60 bits per heavy atom. The fourth-order valence-electron chi connectivity index (χ4n) is 2.29. The van der Waals surface area contributed by atoms with Crippen molar-refractivity contribution < 1.29 is 14.4 Å². The number of benzene rings is 1. The number of hydrogen-bond acceptors (Lipinski definition) is 4. The number of nitrogens with two attached hydrogens (primary N) is 1. The van der Waals surface area contributed by atoms with Crippen molar-refractivity contribution >= 4 is 17.7 Å². The van der Waals surface area contributed by atoms with Crippen molar-refractivity contribution in [3.8, 4) is 0 Å². The summed E-state index contributed by atoms with van der Waals surface area (Å²) in [6, 6.07) is 8.79. The number of aryl methyl sites for hydroxylation is 1. The topological polar surface area (TPSA) is 130 Å². The van der Waals surface area contributed by atoms with E-state index in [9.17, 15) is 14.4 Å². The molecule has 5 N–H and O–H groups in total. The smallest absolute Gasteiger partial charge is 0.243 e. The lowest BCUT2D eigenvalue weighted by Gasteiger charge is -2.17. The summed E-state index contributed by atoms with van der Waals surface area (Å²) < 4.78 is 0. The Labute approximate surface area is 145 Å². The average Bonchev–Trinajstić information content (AvgIpc) is 3.11. The van der Waals surface area contributed by atoms with Gasteiger partial charge in [-0.25, -0.2) is 4.98 Å². The maximum atomic E-state index is 12.2. The van der Waals surface area contributed by atoms with Crippen LogP contribution in [0.2, 0.25) is 0 Å². The molecule has 0 saturated carbocycles. The molecule has 1 aromatic carbocycles. The minimum absolute atomic E-state index is 0.238. The number of hydrogen-bond donors (Lipinski definition) is 4. The fraction of sp³-hybridized carbons (Fsp3) is 0.294. The van der Waals surface area contributed by atoms with Crippen LogP contribution >= 0.6 is 0 Å². The summed E-state index contributed by atoms with van der Waals surface area (Å²) in [5.74, 6) is -1.37. The van der Waals surface area contributed by atoms with Crippen molar-refractivity contribution in [1.29, 1.82) is 0 Å². The summed E-state index contributed by atoms with van der Waals surface area (Å²) >= 11 is 0. The number of rotatable bonds is 9. The molecule has 0 bridgehead atoms. The third-order valence-electron chi connectivity index (χ3n) is 3.55. The summed E-state index contributed by atoms with van der Waals surface area (Å²) in [5, 5.41) is 5.11. The maximum Gasteiger partial charge on any atom is 0.243 e. The summed E-state index contributed by atoms with van der Waals surface area (Å²) in [5.41, 5.74) is 6.77. The van der Waals surface area contributed by atoms with Crippen LogP contribution in [0.5, 0.6) is 0 Å². The molecule has 1 atom stereocenters.